The topological polar surface area (TPSA) is 41.1 Å². The number of carbonyl (C=O) groups is 1. The van der Waals surface area contributed by atoms with E-state index < -0.39 is 0 Å². The van der Waals surface area contributed by atoms with E-state index in [-0.39, 0.29) is 11.9 Å². The van der Waals surface area contributed by atoms with Crippen LogP contribution in [0.2, 0.25) is 0 Å². The molecule has 0 aromatic heterocycles. The van der Waals surface area contributed by atoms with Crippen LogP contribution in [0, 0.1) is 5.92 Å². The summed E-state index contributed by atoms with van der Waals surface area (Å²) < 4.78 is 0. The van der Waals surface area contributed by atoms with Crippen LogP contribution in [0.1, 0.15) is 46.0 Å². The highest BCUT2D eigenvalue weighted by atomic mass is 16.2. The zero-order chi connectivity index (χ0) is 12.5. The molecule has 0 radical (unpaired) electrons. The van der Waals surface area contributed by atoms with Gasteiger partial charge in [-0.05, 0) is 45.1 Å². The van der Waals surface area contributed by atoms with Crippen molar-refractivity contribution in [2.45, 2.75) is 52.0 Å². The van der Waals surface area contributed by atoms with Crippen LogP contribution in [0.15, 0.2) is 12.2 Å². The van der Waals surface area contributed by atoms with Crippen molar-refractivity contribution in [2.75, 3.05) is 13.1 Å². The maximum absolute atomic E-state index is 11.7. The van der Waals surface area contributed by atoms with Crippen molar-refractivity contribution in [3.63, 3.8) is 0 Å². The van der Waals surface area contributed by atoms with Crippen molar-refractivity contribution in [2.24, 2.45) is 5.92 Å². The van der Waals surface area contributed by atoms with Gasteiger partial charge < -0.3 is 10.6 Å². The third-order valence-corrected chi connectivity index (χ3v) is 3.31. The van der Waals surface area contributed by atoms with Gasteiger partial charge in [-0.15, -0.1) is 0 Å². The average molecular weight is 238 g/mol. The number of amides is 1. The van der Waals surface area contributed by atoms with E-state index in [1.54, 1.807) is 0 Å². The summed E-state index contributed by atoms with van der Waals surface area (Å²) in [6, 6.07) is -0.0715. The van der Waals surface area contributed by atoms with E-state index in [0.717, 1.165) is 32.4 Å². The van der Waals surface area contributed by atoms with Gasteiger partial charge in [-0.3, -0.25) is 4.79 Å². The Kier molecular flexibility index (Phi) is 6.94. The predicted molar refractivity (Wildman–Crippen MR) is 71.9 cm³/mol. The van der Waals surface area contributed by atoms with E-state index >= 15 is 0 Å². The second kappa shape index (κ2) is 8.29. The maximum atomic E-state index is 11.7. The predicted octanol–water partition coefficient (Wildman–Crippen LogP) is 2.24. The summed E-state index contributed by atoms with van der Waals surface area (Å²) >= 11 is 0. The number of carbonyl (C=O) groups excluding carboxylic acids is 1. The maximum Gasteiger partial charge on any atom is 0.236 e. The molecule has 98 valence electrons. The molecule has 0 bridgehead atoms. The lowest BCUT2D eigenvalue weighted by molar-refractivity contribution is -0.122. The fourth-order valence-electron chi connectivity index (χ4n) is 2.02. The van der Waals surface area contributed by atoms with Crippen LogP contribution in [0.3, 0.4) is 0 Å². The van der Waals surface area contributed by atoms with Gasteiger partial charge in [0, 0.05) is 6.54 Å². The van der Waals surface area contributed by atoms with Crippen molar-refractivity contribution < 1.29 is 4.79 Å². The molecule has 3 heteroatoms. The summed E-state index contributed by atoms with van der Waals surface area (Å²) in [5.74, 6) is 0.829. The Bertz CT molecular complexity index is 251. The minimum absolute atomic E-state index is 0.0715. The Morgan fingerprint density at radius 3 is 2.94 bits per heavy atom. The SMILES string of the molecule is CCCCNC(=O)C(C)NCC1CC=CCC1. The van der Waals surface area contributed by atoms with Crippen LogP contribution < -0.4 is 10.6 Å². The zero-order valence-electron chi connectivity index (χ0n) is 11.2. The molecule has 3 nitrogen and oxygen atoms in total. The van der Waals surface area contributed by atoms with Crippen LogP contribution in [-0.2, 0) is 4.79 Å². The quantitative estimate of drug-likeness (QED) is 0.527. The Morgan fingerprint density at radius 2 is 2.29 bits per heavy atom. The molecule has 0 heterocycles. The molecule has 1 amide bonds. The zero-order valence-corrected chi connectivity index (χ0v) is 11.2. The molecule has 2 atom stereocenters. The minimum atomic E-state index is -0.0715. The largest absolute Gasteiger partial charge is 0.355 e. The smallest absolute Gasteiger partial charge is 0.236 e. The molecule has 0 spiro atoms. The molecule has 0 saturated carbocycles. The van der Waals surface area contributed by atoms with Crippen LogP contribution in [0.4, 0.5) is 0 Å². The van der Waals surface area contributed by atoms with E-state index in [9.17, 15) is 4.79 Å². The highest BCUT2D eigenvalue weighted by molar-refractivity contribution is 5.81. The number of allylic oxidation sites excluding steroid dienone is 2. The summed E-state index contributed by atoms with van der Waals surface area (Å²) in [6.45, 7) is 5.82. The van der Waals surface area contributed by atoms with Gasteiger partial charge in [0.1, 0.15) is 0 Å². The average Bonchev–Trinajstić information content (AvgIpc) is 2.37. The normalized spacial score (nSPS) is 21.2. The first-order valence-corrected chi connectivity index (χ1v) is 6.90. The minimum Gasteiger partial charge on any atom is -0.355 e. The van der Waals surface area contributed by atoms with E-state index in [1.165, 1.54) is 12.8 Å². The van der Waals surface area contributed by atoms with Gasteiger partial charge in [0.25, 0.3) is 0 Å². The number of unbranched alkanes of at least 4 members (excludes halogenated alkanes) is 1. The molecule has 2 N–H and O–H groups in total. The third-order valence-electron chi connectivity index (χ3n) is 3.31. The van der Waals surface area contributed by atoms with Crippen LogP contribution in [0.25, 0.3) is 0 Å². The summed E-state index contributed by atoms with van der Waals surface area (Å²) in [6.07, 6.45) is 10.3. The number of hydrogen-bond donors (Lipinski definition) is 2. The molecule has 2 unspecified atom stereocenters. The molecule has 1 rings (SSSR count). The molecule has 0 fully saturated rings. The molecule has 1 aliphatic carbocycles. The summed E-state index contributed by atoms with van der Waals surface area (Å²) in [5, 5.41) is 6.29. The number of hydrogen-bond acceptors (Lipinski definition) is 2. The Labute approximate surface area is 105 Å². The van der Waals surface area contributed by atoms with Gasteiger partial charge in [-0.25, -0.2) is 0 Å². The van der Waals surface area contributed by atoms with Crippen molar-refractivity contribution in [1.82, 2.24) is 10.6 Å². The van der Waals surface area contributed by atoms with Crippen molar-refractivity contribution >= 4 is 5.91 Å². The first-order chi connectivity index (χ1) is 8.24. The van der Waals surface area contributed by atoms with E-state index in [4.69, 9.17) is 0 Å². The molecule has 17 heavy (non-hydrogen) atoms. The Morgan fingerprint density at radius 1 is 1.47 bits per heavy atom. The standard InChI is InChI=1S/C14H26N2O/c1-3-4-10-15-14(17)12(2)16-11-13-8-6-5-7-9-13/h5-6,12-13,16H,3-4,7-11H2,1-2H3,(H,15,17). The number of nitrogens with one attached hydrogen (secondary N) is 2. The third kappa shape index (κ3) is 5.87. The molecule has 0 saturated heterocycles. The molecular formula is C14H26N2O. The lowest BCUT2D eigenvalue weighted by Crippen LogP contribution is -2.44. The lowest BCUT2D eigenvalue weighted by atomic mass is 9.94. The first-order valence-electron chi connectivity index (χ1n) is 6.90. The van der Waals surface area contributed by atoms with Gasteiger partial charge in [0.15, 0.2) is 0 Å². The highest BCUT2D eigenvalue weighted by Crippen LogP contribution is 2.16. The monoisotopic (exact) mass is 238 g/mol. The second-order valence-corrected chi connectivity index (χ2v) is 4.92. The van der Waals surface area contributed by atoms with Crippen LogP contribution >= 0.6 is 0 Å². The van der Waals surface area contributed by atoms with E-state index in [1.807, 2.05) is 6.92 Å². The van der Waals surface area contributed by atoms with Crippen molar-refractivity contribution in [3.05, 3.63) is 12.2 Å². The molecule has 0 aromatic carbocycles. The van der Waals surface area contributed by atoms with E-state index in [2.05, 4.69) is 29.7 Å². The highest BCUT2D eigenvalue weighted by Gasteiger charge is 2.15. The van der Waals surface area contributed by atoms with Gasteiger partial charge >= 0.3 is 0 Å². The van der Waals surface area contributed by atoms with E-state index in [0.29, 0.717) is 5.92 Å². The van der Waals surface area contributed by atoms with Crippen LogP contribution in [-0.4, -0.2) is 25.0 Å². The molecule has 1 aliphatic rings. The van der Waals surface area contributed by atoms with Crippen molar-refractivity contribution in [3.8, 4) is 0 Å². The number of rotatable bonds is 7. The fourth-order valence-corrected chi connectivity index (χ4v) is 2.02. The molecular weight excluding hydrogens is 212 g/mol. The molecule has 0 aromatic rings. The summed E-state index contributed by atoms with van der Waals surface area (Å²) in [4.78, 5) is 11.7. The lowest BCUT2D eigenvalue weighted by Gasteiger charge is -2.21. The first kappa shape index (κ1) is 14.2. The molecule has 0 aliphatic heterocycles. The summed E-state index contributed by atoms with van der Waals surface area (Å²) in [5.41, 5.74) is 0. The Hall–Kier alpha value is -0.830. The van der Waals surface area contributed by atoms with Gasteiger partial charge in [0.05, 0.1) is 6.04 Å². The van der Waals surface area contributed by atoms with Crippen molar-refractivity contribution in [1.29, 1.82) is 0 Å². The van der Waals surface area contributed by atoms with Gasteiger partial charge in [-0.2, -0.15) is 0 Å². The fraction of sp³-hybridized carbons (Fsp3) is 0.786. The van der Waals surface area contributed by atoms with Gasteiger partial charge in [-0.1, -0.05) is 25.5 Å². The van der Waals surface area contributed by atoms with Gasteiger partial charge in [0.2, 0.25) is 5.91 Å². The Balaban J connectivity index is 2.12. The second-order valence-electron chi connectivity index (χ2n) is 4.92. The summed E-state index contributed by atoms with van der Waals surface area (Å²) in [7, 11) is 0. The van der Waals surface area contributed by atoms with Crippen LogP contribution in [0.5, 0.6) is 0 Å².